The summed E-state index contributed by atoms with van der Waals surface area (Å²) in [6, 6.07) is 1.89. The number of amides is 1. The first-order valence-electron chi connectivity index (χ1n) is 6.09. The van der Waals surface area contributed by atoms with Gasteiger partial charge in [0.2, 0.25) is 5.91 Å². The highest BCUT2D eigenvalue weighted by Crippen LogP contribution is 2.29. The molecule has 2 rings (SSSR count). The highest BCUT2D eigenvalue weighted by molar-refractivity contribution is 5.90. The number of carbonyl (C=O) groups is 1. The van der Waals surface area contributed by atoms with Crippen molar-refractivity contribution in [2.45, 2.75) is 26.3 Å². The number of rotatable bonds is 1. The van der Waals surface area contributed by atoms with E-state index in [1.54, 1.807) is 11.1 Å². The van der Waals surface area contributed by atoms with Gasteiger partial charge in [0.1, 0.15) is 11.4 Å². The van der Waals surface area contributed by atoms with Crippen molar-refractivity contribution < 1.29 is 4.79 Å². The Labute approximate surface area is 108 Å². The van der Waals surface area contributed by atoms with Crippen LogP contribution in [0.15, 0.2) is 12.3 Å². The molecule has 2 heterocycles. The van der Waals surface area contributed by atoms with E-state index < -0.39 is 5.54 Å². The molecule has 0 saturated carbocycles. The number of aromatic nitrogens is 1. The maximum absolute atomic E-state index is 12.2. The molecule has 1 fully saturated rings. The van der Waals surface area contributed by atoms with Crippen molar-refractivity contribution in [3.63, 3.8) is 0 Å². The number of nitrogens with zero attached hydrogens (tertiary/aromatic N) is 3. The molecule has 1 aromatic rings. The van der Waals surface area contributed by atoms with Crippen LogP contribution in [0.2, 0.25) is 0 Å². The van der Waals surface area contributed by atoms with Gasteiger partial charge >= 0.3 is 0 Å². The van der Waals surface area contributed by atoms with Gasteiger partial charge in [0, 0.05) is 20.1 Å². The molecule has 0 radical (unpaired) electrons. The predicted molar refractivity (Wildman–Crippen MR) is 72.4 cm³/mol. The fourth-order valence-electron chi connectivity index (χ4n) is 2.46. The first kappa shape index (κ1) is 12.7. The third-order valence-corrected chi connectivity index (χ3v) is 3.53. The van der Waals surface area contributed by atoms with Gasteiger partial charge in [-0.3, -0.25) is 4.79 Å². The van der Waals surface area contributed by atoms with Crippen molar-refractivity contribution in [3.05, 3.63) is 17.8 Å². The fourth-order valence-corrected chi connectivity index (χ4v) is 2.46. The number of nitrogens with two attached hydrogens (primary N) is 1. The third kappa shape index (κ3) is 1.89. The minimum absolute atomic E-state index is 0.117. The van der Waals surface area contributed by atoms with Gasteiger partial charge in [-0.1, -0.05) is 0 Å². The highest BCUT2D eigenvalue weighted by atomic mass is 16.2. The number of nitrogen functional groups attached to an aromatic ring is 1. The molecule has 1 aromatic heterocycles. The van der Waals surface area contributed by atoms with Gasteiger partial charge in [0.25, 0.3) is 0 Å². The molecule has 1 saturated heterocycles. The third-order valence-electron chi connectivity index (χ3n) is 3.53. The van der Waals surface area contributed by atoms with Crippen LogP contribution < -0.4 is 10.6 Å². The van der Waals surface area contributed by atoms with Crippen LogP contribution in [0.3, 0.4) is 0 Å². The lowest BCUT2D eigenvalue weighted by molar-refractivity contribution is -0.136. The molecule has 1 aliphatic rings. The molecule has 5 heteroatoms. The number of likely N-dealkylation sites (N-methyl/N-ethyl adjacent to an activating group) is 1. The molecular formula is C13H20N4O. The monoisotopic (exact) mass is 248 g/mol. The van der Waals surface area contributed by atoms with Crippen molar-refractivity contribution in [1.29, 1.82) is 0 Å². The van der Waals surface area contributed by atoms with Crippen LogP contribution in [-0.4, -0.2) is 41.5 Å². The molecule has 5 nitrogen and oxygen atoms in total. The van der Waals surface area contributed by atoms with Crippen LogP contribution in [0.5, 0.6) is 0 Å². The number of piperazine rings is 1. The lowest BCUT2D eigenvalue weighted by Gasteiger charge is -2.45. The number of anilines is 2. The normalized spacial score (nSPS) is 19.2. The molecule has 1 amide bonds. The zero-order valence-electron chi connectivity index (χ0n) is 11.4. The van der Waals surface area contributed by atoms with Gasteiger partial charge < -0.3 is 15.5 Å². The second kappa shape index (κ2) is 4.15. The Morgan fingerprint density at radius 1 is 1.39 bits per heavy atom. The Kier molecular flexibility index (Phi) is 2.92. The summed E-state index contributed by atoms with van der Waals surface area (Å²) >= 11 is 0. The summed E-state index contributed by atoms with van der Waals surface area (Å²) in [5, 5.41) is 0. The van der Waals surface area contributed by atoms with Crippen LogP contribution in [0.1, 0.15) is 19.4 Å². The van der Waals surface area contributed by atoms with Gasteiger partial charge in [-0.15, -0.1) is 0 Å². The summed E-state index contributed by atoms with van der Waals surface area (Å²) in [5.41, 5.74) is 6.80. The van der Waals surface area contributed by atoms with Crippen molar-refractivity contribution in [2.24, 2.45) is 0 Å². The summed E-state index contributed by atoms with van der Waals surface area (Å²) in [7, 11) is 1.84. The maximum atomic E-state index is 12.2. The van der Waals surface area contributed by atoms with Crippen molar-refractivity contribution in [3.8, 4) is 0 Å². The number of pyridine rings is 1. The minimum Gasteiger partial charge on any atom is -0.397 e. The largest absolute Gasteiger partial charge is 0.397 e. The van der Waals surface area contributed by atoms with Crippen LogP contribution in [0.25, 0.3) is 0 Å². The van der Waals surface area contributed by atoms with Gasteiger partial charge in [0.15, 0.2) is 0 Å². The number of hydrogen-bond acceptors (Lipinski definition) is 4. The molecule has 0 aromatic carbocycles. The number of aryl methyl sites for hydroxylation is 1. The van der Waals surface area contributed by atoms with Crippen molar-refractivity contribution >= 4 is 17.4 Å². The first-order valence-corrected chi connectivity index (χ1v) is 6.09. The molecule has 0 unspecified atom stereocenters. The van der Waals surface area contributed by atoms with Gasteiger partial charge in [0.05, 0.1) is 11.9 Å². The van der Waals surface area contributed by atoms with E-state index >= 15 is 0 Å². The van der Waals surface area contributed by atoms with Gasteiger partial charge in [-0.25, -0.2) is 4.98 Å². The Bertz CT molecular complexity index is 484. The highest BCUT2D eigenvalue weighted by Gasteiger charge is 2.41. The lowest BCUT2D eigenvalue weighted by Crippen LogP contribution is -2.62. The summed E-state index contributed by atoms with van der Waals surface area (Å²) in [6.07, 6.45) is 1.64. The van der Waals surface area contributed by atoms with E-state index in [9.17, 15) is 4.79 Å². The van der Waals surface area contributed by atoms with Crippen molar-refractivity contribution in [2.75, 3.05) is 30.8 Å². The van der Waals surface area contributed by atoms with E-state index in [1.807, 2.05) is 33.9 Å². The van der Waals surface area contributed by atoms with Crippen molar-refractivity contribution in [1.82, 2.24) is 9.88 Å². The zero-order valence-corrected chi connectivity index (χ0v) is 11.4. The molecule has 0 spiro atoms. The van der Waals surface area contributed by atoms with E-state index in [1.165, 1.54) is 0 Å². The molecular weight excluding hydrogens is 228 g/mol. The quantitative estimate of drug-likeness (QED) is 0.806. The Morgan fingerprint density at radius 2 is 2.06 bits per heavy atom. The lowest BCUT2D eigenvalue weighted by atomic mass is 9.97. The Hall–Kier alpha value is -1.78. The second-order valence-corrected chi connectivity index (χ2v) is 5.35. The van der Waals surface area contributed by atoms with Gasteiger partial charge in [-0.05, 0) is 32.4 Å². The van der Waals surface area contributed by atoms with E-state index in [-0.39, 0.29) is 5.91 Å². The first-order chi connectivity index (χ1) is 8.34. The summed E-state index contributed by atoms with van der Waals surface area (Å²) in [5.74, 6) is 0.961. The van der Waals surface area contributed by atoms with Crippen LogP contribution in [-0.2, 0) is 4.79 Å². The van der Waals surface area contributed by atoms with Crippen LogP contribution in [0.4, 0.5) is 11.5 Å². The smallest absolute Gasteiger partial charge is 0.247 e. The van der Waals surface area contributed by atoms with E-state index in [4.69, 9.17) is 5.73 Å². The molecule has 1 aliphatic heterocycles. The van der Waals surface area contributed by atoms with E-state index in [2.05, 4.69) is 9.88 Å². The average Bonchev–Trinajstić information content (AvgIpc) is 2.28. The summed E-state index contributed by atoms with van der Waals surface area (Å²) in [6.45, 7) is 7.34. The average molecular weight is 248 g/mol. The predicted octanol–water partition coefficient (Wildman–Crippen LogP) is 1.03. The van der Waals surface area contributed by atoms with Gasteiger partial charge in [-0.2, -0.15) is 0 Å². The molecule has 98 valence electrons. The van der Waals surface area contributed by atoms with E-state index in [0.29, 0.717) is 12.2 Å². The summed E-state index contributed by atoms with van der Waals surface area (Å²) < 4.78 is 0. The Morgan fingerprint density at radius 3 is 2.67 bits per heavy atom. The fraction of sp³-hybridized carbons (Fsp3) is 0.538. The SMILES string of the molecule is Cc1cc(N)cnc1N1CCN(C)C(=O)C1(C)C. The Balaban J connectivity index is 2.41. The summed E-state index contributed by atoms with van der Waals surface area (Å²) in [4.78, 5) is 20.5. The molecule has 2 N–H and O–H groups in total. The molecule has 0 bridgehead atoms. The van der Waals surface area contributed by atoms with Crippen LogP contribution >= 0.6 is 0 Å². The van der Waals surface area contributed by atoms with E-state index in [0.717, 1.165) is 17.9 Å². The van der Waals surface area contributed by atoms with Crippen LogP contribution in [0, 0.1) is 6.92 Å². The zero-order chi connectivity index (χ0) is 13.5. The standard InChI is InChI=1S/C13H20N4O/c1-9-7-10(14)8-15-11(9)17-6-5-16(4)12(18)13(17,2)3/h7-8H,5-6,14H2,1-4H3. The molecule has 0 aliphatic carbocycles. The number of carbonyl (C=O) groups excluding carboxylic acids is 1. The molecule has 0 atom stereocenters. The second-order valence-electron chi connectivity index (χ2n) is 5.35. The maximum Gasteiger partial charge on any atom is 0.247 e. The number of hydrogen-bond donors (Lipinski definition) is 1. The minimum atomic E-state index is -0.569. The topological polar surface area (TPSA) is 62.5 Å². The molecule has 18 heavy (non-hydrogen) atoms.